The number of amides is 1. The molecule has 0 radical (unpaired) electrons. The Morgan fingerprint density at radius 2 is 2.21 bits per heavy atom. The minimum atomic E-state index is -0.0205. The fraction of sp³-hybridized carbons (Fsp3) is 0.667. The van der Waals surface area contributed by atoms with E-state index in [0.29, 0.717) is 12.2 Å². The number of nitrogens with zero attached hydrogens (tertiary/aromatic N) is 1. The second-order valence-corrected chi connectivity index (χ2v) is 3.99. The number of hydrogen-bond acceptors (Lipinski definition) is 4. The Labute approximate surface area is 96.0 Å². The number of carbonyl (C=O) groups excluding carboxylic acids is 1. The second kappa shape index (κ2) is 7.20. The molecule has 0 aliphatic heterocycles. The molecule has 1 amide bonds. The average Bonchev–Trinajstić information content (AvgIpc) is 2.22. The Bertz CT molecular complexity index is 219. The summed E-state index contributed by atoms with van der Waals surface area (Å²) in [6.45, 7) is 1.90. The predicted molar refractivity (Wildman–Crippen MR) is 64.9 cm³/mol. The summed E-state index contributed by atoms with van der Waals surface area (Å²) >= 11 is 8.48. The minimum Gasteiger partial charge on any atom is -0.396 e. The molecule has 0 fully saturated rings. The van der Waals surface area contributed by atoms with Crippen molar-refractivity contribution in [3.63, 3.8) is 0 Å². The Morgan fingerprint density at radius 1 is 1.64 bits per heavy atom. The zero-order valence-electron chi connectivity index (χ0n) is 8.47. The van der Waals surface area contributed by atoms with E-state index < -0.39 is 0 Å². The first-order valence-corrected chi connectivity index (χ1v) is 5.50. The van der Waals surface area contributed by atoms with E-state index in [1.54, 1.807) is 7.05 Å². The summed E-state index contributed by atoms with van der Waals surface area (Å²) in [6, 6.07) is 0. The van der Waals surface area contributed by atoms with E-state index in [1.807, 2.05) is 6.92 Å². The summed E-state index contributed by atoms with van der Waals surface area (Å²) in [5, 5.41) is 8.86. The lowest BCUT2D eigenvalue weighted by molar-refractivity contribution is -0.115. The highest BCUT2D eigenvalue weighted by Gasteiger charge is 2.13. The van der Waals surface area contributed by atoms with Gasteiger partial charge in [-0.05, 0) is 18.9 Å². The Hall–Kier alpha value is -0.130. The first-order chi connectivity index (χ1) is 6.58. The van der Waals surface area contributed by atoms with Crippen molar-refractivity contribution in [3.8, 4) is 0 Å². The fourth-order valence-corrected chi connectivity index (χ4v) is 1.66. The van der Waals surface area contributed by atoms with Crippen LogP contribution in [-0.4, -0.2) is 41.1 Å². The molecule has 14 heavy (non-hydrogen) atoms. The molecule has 0 aromatic rings. The molecule has 0 saturated carbocycles. The van der Waals surface area contributed by atoms with Crippen LogP contribution in [0, 0.1) is 0 Å². The minimum absolute atomic E-state index is 0.0205. The third kappa shape index (κ3) is 3.94. The lowest BCUT2D eigenvalue weighted by atomic mass is 10.1. The molecule has 0 heterocycles. The van der Waals surface area contributed by atoms with Crippen LogP contribution in [0.5, 0.6) is 0 Å². The Morgan fingerprint density at radius 3 is 2.57 bits per heavy atom. The van der Waals surface area contributed by atoms with Gasteiger partial charge in [-0.2, -0.15) is 25.3 Å². The molecule has 0 bridgehead atoms. The summed E-state index contributed by atoms with van der Waals surface area (Å²) in [6.07, 6.45) is 1.27. The number of aliphatic hydroxyl groups is 1. The molecule has 0 spiro atoms. The van der Waals surface area contributed by atoms with Gasteiger partial charge in [-0.25, -0.2) is 0 Å². The first kappa shape index (κ1) is 13.9. The molecule has 0 aromatic carbocycles. The van der Waals surface area contributed by atoms with Gasteiger partial charge >= 0.3 is 0 Å². The molecule has 3 nitrogen and oxygen atoms in total. The normalized spacial score (nSPS) is 14.6. The van der Waals surface area contributed by atoms with Crippen LogP contribution in [-0.2, 0) is 4.79 Å². The van der Waals surface area contributed by atoms with Crippen LogP contribution in [0.1, 0.15) is 13.3 Å². The number of thiol groups is 2. The van der Waals surface area contributed by atoms with Gasteiger partial charge in [0.15, 0.2) is 0 Å². The number of hydrogen-bond donors (Lipinski definition) is 3. The van der Waals surface area contributed by atoms with E-state index in [1.165, 1.54) is 4.90 Å². The molecule has 0 aromatic heterocycles. The number of allylic oxidation sites excluding steroid dienone is 1. The van der Waals surface area contributed by atoms with E-state index >= 15 is 0 Å². The van der Waals surface area contributed by atoms with Gasteiger partial charge in [0.1, 0.15) is 0 Å². The Kier molecular flexibility index (Phi) is 7.13. The Balaban J connectivity index is 4.82. The molecule has 0 aliphatic rings. The van der Waals surface area contributed by atoms with Crippen LogP contribution in [0.2, 0.25) is 0 Å². The van der Waals surface area contributed by atoms with Crippen molar-refractivity contribution in [1.82, 2.24) is 4.90 Å². The molecule has 1 unspecified atom stereocenters. The first-order valence-electron chi connectivity index (χ1n) is 4.36. The molecule has 0 saturated heterocycles. The van der Waals surface area contributed by atoms with Crippen LogP contribution in [0.15, 0.2) is 11.3 Å². The molecule has 1 atom stereocenters. The molecular weight excluding hydrogens is 218 g/mol. The highest BCUT2D eigenvalue weighted by Crippen LogP contribution is 2.20. The fourth-order valence-electron chi connectivity index (χ4n) is 1.12. The van der Waals surface area contributed by atoms with E-state index in [2.05, 4.69) is 25.3 Å². The van der Waals surface area contributed by atoms with Gasteiger partial charge in [-0.15, -0.1) is 0 Å². The molecule has 0 aliphatic carbocycles. The van der Waals surface area contributed by atoms with Crippen LogP contribution in [0.25, 0.3) is 0 Å². The summed E-state index contributed by atoms with van der Waals surface area (Å²) in [7, 11) is 1.68. The monoisotopic (exact) mass is 235 g/mol. The van der Waals surface area contributed by atoms with Crippen LogP contribution >= 0.6 is 25.3 Å². The number of carbonyl (C=O) groups is 1. The number of rotatable bonds is 6. The molecule has 82 valence electrons. The van der Waals surface area contributed by atoms with Gasteiger partial charge in [-0.3, -0.25) is 4.79 Å². The summed E-state index contributed by atoms with van der Waals surface area (Å²) in [4.78, 5) is 12.0. The standard InChI is InChI=1S/C9H17NO2S2/c1-7(10(2)6-12)8(3-4-11)9(14)5-13/h6,9,11,13-14H,3-5H2,1-2H3. The predicted octanol–water partition coefficient (Wildman–Crippen LogP) is 0.959. The third-order valence-electron chi connectivity index (χ3n) is 2.11. The van der Waals surface area contributed by atoms with E-state index in [9.17, 15) is 4.79 Å². The van der Waals surface area contributed by atoms with E-state index in [4.69, 9.17) is 5.11 Å². The number of aliphatic hydroxyl groups excluding tert-OH is 1. The molecular formula is C9H17NO2S2. The summed E-state index contributed by atoms with van der Waals surface area (Å²) in [5.41, 5.74) is 1.79. The zero-order chi connectivity index (χ0) is 11.1. The van der Waals surface area contributed by atoms with Crippen LogP contribution in [0.4, 0.5) is 0 Å². The highest BCUT2D eigenvalue weighted by atomic mass is 32.1. The molecule has 5 heteroatoms. The van der Waals surface area contributed by atoms with Crippen LogP contribution < -0.4 is 0 Å². The van der Waals surface area contributed by atoms with Crippen LogP contribution in [0.3, 0.4) is 0 Å². The van der Waals surface area contributed by atoms with Crippen molar-refractivity contribution in [3.05, 3.63) is 11.3 Å². The second-order valence-electron chi connectivity index (χ2n) is 3.00. The van der Waals surface area contributed by atoms with Crippen molar-refractivity contribution in [2.24, 2.45) is 0 Å². The van der Waals surface area contributed by atoms with Gasteiger partial charge in [0.05, 0.1) is 0 Å². The molecule has 0 rings (SSSR count). The van der Waals surface area contributed by atoms with Gasteiger partial charge in [0.25, 0.3) is 0 Å². The van der Waals surface area contributed by atoms with Gasteiger partial charge in [0, 0.05) is 30.4 Å². The van der Waals surface area contributed by atoms with Gasteiger partial charge in [0.2, 0.25) is 6.41 Å². The smallest absolute Gasteiger partial charge is 0.213 e. The largest absolute Gasteiger partial charge is 0.396 e. The summed E-state index contributed by atoms with van der Waals surface area (Å²) in [5.74, 6) is 0.586. The van der Waals surface area contributed by atoms with E-state index in [-0.39, 0.29) is 11.9 Å². The highest BCUT2D eigenvalue weighted by molar-refractivity contribution is 7.84. The van der Waals surface area contributed by atoms with E-state index in [0.717, 1.165) is 17.7 Å². The van der Waals surface area contributed by atoms with Crippen molar-refractivity contribution < 1.29 is 9.90 Å². The topological polar surface area (TPSA) is 40.5 Å². The third-order valence-corrected chi connectivity index (χ3v) is 3.26. The average molecular weight is 235 g/mol. The lowest BCUT2D eigenvalue weighted by Crippen LogP contribution is -2.20. The maximum atomic E-state index is 10.6. The van der Waals surface area contributed by atoms with Crippen molar-refractivity contribution in [2.45, 2.75) is 18.6 Å². The molecule has 1 N–H and O–H groups in total. The maximum absolute atomic E-state index is 10.6. The maximum Gasteiger partial charge on any atom is 0.213 e. The van der Waals surface area contributed by atoms with Crippen molar-refractivity contribution in [2.75, 3.05) is 19.4 Å². The summed E-state index contributed by atoms with van der Waals surface area (Å²) < 4.78 is 0. The van der Waals surface area contributed by atoms with Crippen molar-refractivity contribution in [1.29, 1.82) is 0 Å². The van der Waals surface area contributed by atoms with Gasteiger partial charge < -0.3 is 10.0 Å². The SMILES string of the molecule is CC(=C(CCO)C(S)CS)N(C)C=O. The zero-order valence-corrected chi connectivity index (χ0v) is 10.3. The van der Waals surface area contributed by atoms with Crippen molar-refractivity contribution >= 4 is 31.7 Å². The lowest BCUT2D eigenvalue weighted by Gasteiger charge is -2.20. The van der Waals surface area contributed by atoms with Gasteiger partial charge in [-0.1, -0.05) is 0 Å². The quantitative estimate of drug-likeness (QED) is 0.474.